The molecule has 2 atom stereocenters. The first-order chi connectivity index (χ1) is 16.2. The molecule has 0 spiro atoms. The number of piperidine rings is 1. The molecule has 1 aliphatic heterocycles. The summed E-state index contributed by atoms with van der Waals surface area (Å²) in [6.45, 7) is 1.06. The highest BCUT2D eigenvalue weighted by atomic mass is 32.2. The summed E-state index contributed by atoms with van der Waals surface area (Å²) >= 11 is 1.51. The Balaban J connectivity index is 1.32. The van der Waals surface area contributed by atoms with Gasteiger partial charge in [0.25, 0.3) is 0 Å². The second kappa shape index (κ2) is 10.00. The van der Waals surface area contributed by atoms with Gasteiger partial charge in [0.15, 0.2) is 0 Å². The number of nitrogens with two attached hydrogens (primary N) is 1. The lowest BCUT2D eigenvalue weighted by Crippen LogP contribution is -2.47. The Morgan fingerprint density at radius 3 is 2.50 bits per heavy atom. The Morgan fingerprint density at radius 1 is 1.12 bits per heavy atom. The maximum Gasteiger partial charge on any atom is 0.417 e. The van der Waals surface area contributed by atoms with Gasteiger partial charge in [-0.1, -0.05) is 12.1 Å². The van der Waals surface area contributed by atoms with Crippen LogP contribution in [0.3, 0.4) is 0 Å². The third-order valence-electron chi connectivity index (χ3n) is 5.41. The fourth-order valence-corrected chi connectivity index (χ4v) is 4.56. The number of β-amino-alcohol motifs (C(OH)–C–C–N with tert-alkyl or cyclic N) is 1. The number of hydrogen-bond donors (Lipinski definition) is 3. The highest BCUT2D eigenvalue weighted by Crippen LogP contribution is 2.31. The van der Waals surface area contributed by atoms with E-state index < -0.39 is 23.8 Å². The second-order valence-electron chi connectivity index (χ2n) is 7.87. The van der Waals surface area contributed by atoms with Gasteiger partial charge >= 0.3 is 6.18 Å². The predicted molar refractivity (Wildman–Crippen MR) is 123 cm³/mol. The predicted octanol–water partition coefficient (Wildman–Crippen LogP) is 3.82. The molecule has 1 aliphatic rings. The van der Waals surface area contributed by atoms with Crippen LogP contribution in [0.4, 0.5) is 19.0 Å². The Bertz CT molecular complexity index is 1140. The summed E-state index contributed by atoms with van der Waals surface area (Å²) in [5.41, 5.74) is 6.53. The topological polar surface area (TPSA) is 104 Å². The molecule has 1 saturated heterocycles. The number of anilines is 1. The molecule has 2 aromatic heterocycles. The number of hydrogen-bond acceptors (Lipinski definition) is 7. The van der Waals surface area contributed by atoms with Crippen LogP contribution in [0.15, 0.2) is 66.0 Å². The monoisotopic (exact) mass is 489 g/mol. The van der Waals surface area contributed by atoms with Crippen molar-refractivity contribution in [2.45, 2.75) is 29.6 Å². The van der Waals surface area contributed by atoms with E-state index in [2.05, 4.69) is 15.3 Å². The summed E-state index contributed by atoms with van der Waals surface area (Å²) < 4.78 is 40.1. The molecule has 34 heavy (non-hydrogen) atoms. The van der Waals surface area contributed by atoms with Crippen LogP contribution in [0.25, 0.3) is 11.1 Å². The SMILES string of the molecule is NC(=O)c1cncc(-c2ccc(SN3CCC(Nc4ccc(C(F)(F)F)cn4)C(O)C3)cc2)c1. The van der Waals surface area contributed by atoms with Crippen molar-refractivity contribution in [3.63, 3.8) is 0 Å². The molecule has 4 rings (SSSR count). The number of pyridine rings is 2. The lowest BCUT2D eigenvalue weighted by atomic mass is 10.0. The zero-order chi connectivity index (χ0) is 24.3. The van der Waals surface area contributed by atoms with Crippen molar-refractivity contribution in [2.75, 3.05) is 18.4 Å². The number of aromatic nitrogens is 2. The summed E-state index contributed by atoms with van der Waals surface area (Å²) in [6, 6.07) is 11.4. The smallest absolute Gasteiger partial charge is 0.390 e. The van der Waals surface area contributed by atoms with Gasteiger partial charge in [-0.05, 0) is 54.3 Å². The number of benzene rings is 1. The number of aliphatic hydroxyl groups is 1. The highest BCUT2D eigenvalue weighted by Gasteiger charge is 2.31. The number of primary amides is 1. The molecule has 3 aromatic rings. The minimum absolute atomic E-state index is 0.295. The molecule has 0 bridgehead atoms. The molecule has 0 radical (unpaired) electrons. The largest absolute Gasteiger partial charge is 0.417 e. The molecule has 7 nitrogen and oxygen atoms in total. The first-order valence-corrected chi connectivity index (χ1v) is 11.2. The average Bonchev–Trinajstić information content (AvgIpc) is 2.81. The van der Waals surface area contributed by atoms with Crippen LogP contribution in [0.1, 0.15) is 22.3 Å². The van der Waals surface area contributed by atoms with Crippen molar-refractivity contribution in [3.8, 4) is 11.1 Å². The van der Waals surface area contributed by atoms with Crippen LogP contribution >= 0.6 is 11.9 Å². The quantitative estimate of drug-likeness (QED) is 0.452. The van der Waals surface area contributed by atoms with Crippen LogP contribution < -0.4 is 11.1 Å². The van der Waals surface area contributed by atoms with E-state index in [-0.39, 0.29) is 6.04 Å². The molecule has 2 unspecified atom stereocenters. The zero-order valence-corrected chi connectivity index (χ0v) is 18.7. The molecule has 0 aliphatic carbocycles. The average molecular weight is 490 g/mol. The summed E-state index contributed by atoms with van der Waals surface area (Å²) in [5, 5.41) is 13.6. The molecule has 11 heteroatoms. The van der Waals surface area contributed by atoms with Gasteiger partial charge in [-0.3, -0.25) is 9.78 Å². The lowest BCUT2D eigenvalue weighted by Gasteiger charge is -2.35. The van der Waals surface area contributed by atoms with Crippen molar-refractivity contribution in [1.29, 1.82) is 0 Å². The van der Waals surface area contributed by atoms with Crippen molar-refractivity contribution < 1.29 is 23.1 Å². The molecule has 4 N–H and O–H groups in total. The zero-order valence-electron chi connectivity index (χ0n) is 17.9. The standard InChI is InChI=1S/C23H22F3N5O2S/c24-23(25,26)17-3-6-21(29-12-17)30-19-7-8-31(13-20(19)32)34-18-4-1-14(2-5-18)15-9-16(22(27)33)11-28-10-15/h1-6,9-12,19-20,32H,7-8,13H2,(H2,27,33)(H,29,30). The van der Waals surface area contributed by atoms with Crippen LogP contribution in [0.2, 0.25) is 0 Å². The molecular formula is C23H22F3N5O2S. The third-order valence-corrected chi connectivity index (χ3v) is 6.49. The van der Waals surface area contributed by atoms with E-state index in [1.165, 1.54) is 24.2 Å². The van der Waals surface area contributed by atoms with Gasteiger partial charge in [0.05, 0.1) is 23.3 Å². The van der Waals surface area contributed by atoms with E-state index in [0.29, 0.717) is 30.9 Å². The third kappa shape index (κ3) is 5.85. The molecular weight excluding hydrogens is 467 g/mol. The summed E-state index contributed by atoms with van der Waals surface area (Å²) in [4.78, 5) is 20.2. The van der Waals surface area contributed by atoms with E-state index in [9.17, 15) is 23.1 Å². The van der Waals surface area contributed by atoms with Crippen molar-refractivity contribution in [2.24, 2.45) is 5.73 Å². The number of alkyl halides is 3. The maximum absolute atomic E-state index is 12.7. The van der Waals surface area contributed by atoms with Crippen LogP contribution in [-0.4, -0.2) is 50.5 Å². The van der Waals surface area contributed by atoms with Gasteiger partial charge in [-0.2, -0.15) is 13.2 Å². The molecule has 0 saturated carbocycles. The van der Waals surface area contributed by atoms with Crippen LogP contribution in [0.5, 0.6) is 0 Å². The van der Waals surface area contributed by atoms with Crippen molar-refractivity contribution in [3.05, 3.63) is 72.2 Å². The molecule has 3 heterocycles. The van der Waals surface area contributed by atoms with Gasteiger partial charge in [0.1, 0.15) is 5.82 Å². The van der Waals surface area contributed by atoms with Crippen molar-refractivity contribution >= 4 is 23.7 Å². The molecule has 1 amide bonds. The maximum atomic E-state index is 12.7. The fourth-order valence-electron chi connectivity index (χ4n) is 3.58. The van der Waals surface area contributed by atoms with Crippen molar-refractivity contribution in [1.82, 2.24) is 14.3 Å². The van der Waals surface area contributed by atoms with Gasteiger partial charge in [0, 0.05) is 42.1 Å². The summed E-state index contributed by atoms with van der Waals surface area (Å²) in [7, 11) is 0. The van der Waals surface area contributed by atoms with Crippen LogP contribution in [0, 0.1) is 0 Å². The Morgan fingerprint density at radius 2 is 1.88 bits per heavy atom. The van der Waals surface area contributed by atoms with Gasteiger partial charge < -0.3 is 16.2 Å². The number of rotatable bonds is 6. The molecule has 1 fully saturated rings. The number of nitrogens with zero attached hydrogens (tertiary/aromatic N) is 3. The van der Waals surface area contributed by atoms with E-state index in [1.807, 2.05) is 28.6 Å². The number of aliphatic hydroxyl groups excluding tert-OH is 1. The van der Waals surface area contributed by atoms with E-state index in [4.69, 9.17) is 5.73 Å². The van der Waals surface area contributed by atoms with E-state index in [0.717, 1.165) is 28.3 Å². The summed E-state index contributed by atoms with van der Waals surface area (Å²) in [6.07, 6.45) is -0.686. The second-order valence-corrected chi connectivity index (χ2v) is 9.04. The van der Waals surface area contributed by atoms with E-state index in [1.54, 1.807) is 12.3 Å². The summed E-state index contributed by atoms with van der Waals surface area (Å²) in [5.74, 6) is -0.240. The minimum Gasteiger partial charge on any atom is -0.390 e. The molecule has 1 aromatic carbocycles. The van der Waals surface area contributed by atoms with Crippen LogP contribution in [-0.2, 0) is 6.18 Å². The minimum atomic E-state index is -4.43. The van der Waals surface area contributed by atoms with Gasteiger partial charge in [-0.25, -0.2) is 9.29 Å². The van der Waals surface area contributed by atoms with Gasteiger partial charge in [-0.15, -0.1) is 0 Å². The first-order valence-electron chi connectivity index (χ1n) is 10.4. The Kier molecular flexibility index (Phi) is 7.05. The Hall–Kier alpha value is -3.15. The lowest BCUT2D eigenvalue weighted by molar-refractivity contribution is -0.137. The van der Waals surface area contributed by atoms with E-state index >= 15 is 0 Å². The number of carbonyl (C=O) groups excluding carboxylic acids is 1. The number of halogens is 3. The fraction of sp³-hybridized carbons (Fsp3) is 0.261. The number of amides is 1. The Labute approximate surface area is 198 Å². The van der Waals surface area contributed by atoms with Gasteiger partial charge in [0.2, 0.25) is 5.91 Å². The number of nitrogens with one attached hydrogen (secondary N) is 1. The first kappa shape index (κ1) is 24.0. The normalized spacial score (nSPS) is 19.1. The highest BCUT2D eigenvalue weighted by molar-refractivity contribution is 7.97. The molecule has 178 valence electrons. The number of carbonyl (C=O) groups is 1.